The minimum absolute atomic E-state index is 0.132. The number of hydrogen-bond acceptors (Lipinski definition) is 4. The van der Waals surface area contributed by atoms with Gasteiger partial charge in [0.2, 0.25) is 0 Å². The third kappa shape index (κ3) is 2.95. The van der Waals surface area contributed by atoms with Crippen LogP contribution in [0.1, 0.15) is 5.69 Å². The molecule has 17 heavy (non-hydrogen) atoms. The lowest BCUT2D eigenvalue weighted by atomic mass is 10.4. The van der Waals surface area contributed by atoms with E-state index in [9.17, 15) is 4.79 Å². The van der Waals surface area contributed by atoms with Crippen molar-refractivity contribution in [3.05, 3.63) is 35.5 Å². The fourth-order valence-corrected chi connectivity index (χ4v) is 3.07. The molecule has 4 nitrogen and oxygen atoms in total. The molecule has 0 aromatic carbocycles. The van der Waals surface area contributed by atoms with Crippen LogP contribution in [-0.4, -0.2) is 17.1 Å². The number of aromatic amines is 1. The minimum atomic E-state index is -0.132. The highest BCUT2D eigenvalue weighted by atomic mass is 127. The number of nitrogens with zero attached hydrogens (tertiary/aromatic N) is 1. The summed E-state index contributed by atoms with van der Waals surface area (Å²) < 4.78 is 6.59. The second kappa shape index (κ2) is 5.59. The van der Waals surface area contributed by atoms with Crippen molar-refractivity contribution in [1.82, 2.24) is 9.97 Å². The van der Waals surface area contributed by atoms with Gasteiger partial charge in [-0.2, -0.15) is 0 Å². The Morgan fingerprint density at radius 1 is 1.65 bits per heavy atom. The summed E-state index contributed by atoms with van der Waals surface area (Å²) in [4.78, 5) is 19.8. The molecule has 2 aromatic heterocycles. The van der Waals surface area contributed by atoms with Gasteiger partial charge in [-0.05, 0) is 44.6 Å². The Hall–Kier alpha value is -0.250. The first kappa shape index (κ1) is 13.2. The fraction of sp³-hybridized carbons (Fsp3) is 0.200. The second-order valence-corrected chi connectivity index (χ2v) is 6.14. The van der Waals surface area contributed by atoms with Crippen LogP contribution in [-0.2, 0) is 11.3 Å². The van der Waals surface area contributed by atoms with Gasteiger partial charge in [-0.3, -0.25) is 4.79 Å². The molecule has 7 heteroatoms. The Balaban J connectivity index is 2.52. The van der Waals surface area contributed by atoms with Gasteiger partial charge in [-0.15, -0.1) is 11.3 Å². The third-order valence-corrected chi connectivity index (χ3v) is 4.82. The molecular formula is C10H8BrIN2O2S. The Labute approximate surface area is 124 Å². The maximum absolute atomic E-state index is 11.7. The lowest BCUT2D eigenvalue weighted by Crippen LogP contribution is -2.16. The summed E-state index contributed by atoms with van der Waals surface area (Å²) in [6.45, 7) is 0.335. The summed E-state index contributed by atoms with van der Waals surface area (Å²) >= 11 is 6.87. The van der Waals surface area contributed by atoms with Crippen LogP contribution in [0.25, 0.3) is 10.7 Å². The number of nitrogens with one attached hydrogen (secondary N) is 1. The highest BCUT2D eigenvalue weighted by Gasteiger charge is 2.11. The van der Waals surface area contributed by atoms with Gasteiger partial charge in [0.25, 0.3) is 5.56 Å². The molecule has 0 aliphatic rings. The van der Waals surface area contributed by atoms with Gasteiger partial charge in [0, 0.05) is 17.0 Å². The van der Waals surface area contributed by atoms with Crippen LogP contribution >= 0.6 is 49.9 Å². The maximum Gasteiger partial charge on any atom is 0.264 e. The molecule has 2 aromatic rings. The van der Waals surface area contributed by atoms with Crippen LogP contribution in [0.4, 0.5) is 0 Å². The minimum Gasteiger partial charge on any atom is -0.378 e. The highest BCUT2D eigenvalue weighted by Crippen LogP contribution is 2.27. The summed E-state index contributed by atoms with van der Waals surface area (Å²) in [6, 6.07) is 1.92. The Morgan fingerprint density at radius 2 is 2.41 bits per heavy atom. The summed E-state index contributed by atoms with van der Waals surface area (Å²) in [5, 5.41) is 1.95. The normalized spacial score (nSPS) is 10.8. The Kier molecular flexibility index (Phi) is 4.34. The molecule has 90 valence electrons. The quantitative estimate of drug-likeness (QED) is 0.767. The highest BCUT2D eigenvalue weighted by molar-refractivity contribution is 14.1. The van der Waals surface area contributed by atoms with E-state index in [0.717, 1.165) is 9.35 Å². The van der Waals surface area contributed by atoms with Gasteiger partial charge in [-0.1, -0.05) is 0 Å². The summed E-state index contributed by atoms with van der Waals surface area (Å²) in [5.74, 6) is 0.582. The van der Waals surface area contributed by atoms with E-state index in [2.05, 4.69) is 25.9 Å². The number of hydrogen-bond donors (Lipinski definition) is 1. The van der Waals surface area contributed by atoms with Gasteiger partial charge in [-0.25, -0.2) is 4.98 Å². The molecule has 0 unspecified atom stereocenters. The number of rotatable bonds is 3. The van der Waals surface area contributed by atoms with Crippen molar-refractivity contribution < 1.29 is 4.74 Å². The van der Waals surface area contributed by atoms with E-state index in [-0.39, 0.29) is 5.56 Å². The van der Waals surface area contributed by atoms with Gasteiger partial charge < -0.3 is 9.72 Å². The lowest BCUT2D eigenvalue weighted by Gasteiger charge is -2.04. The van der Waals surface area contributed by atoms with Crippen molar-refractivity contribution in [1.29, 1.82) is 0 Å². The van der Waals surface area contributed by atoms with Crippen LogP contribution in [0.5, 0.6) is 0 Å². The SMILES string of the molecule is COCc1nc(-c2cc(Br)cs2)[nH]c(=O)c1I. The van der Waals surface area contributed by atoms with Crippen LogP contribution in [0, 0.1) is 3.57 Å². The zero-order valence-corrected chi connectivity index (χ0v) is 13.3. The van der Waals surface area contributed by atoms with E-state index in [1.54, 1.807) is 7.11 Å². The molecule has 0 fully saturated rings. The van der Waals surface area contributed by atoms with E-state index in [1.807, 2.05) is 34.0 Å². The summed E-state index contributed by atoms with van der Waals surface area (Å²) in [7, 11) is 1.58. The number of H-pyrrole nitrogens is 1. The molecule has 0 atom stereocenters. The van der Waals surface area contributed by atoms with Gasteiger partial charge in [0.05, 0.1) is 17.2 Å². The standard InChI is InChI=1S/C10H8BrIN2O2S/c1-16-3-6-8(12)10(15)14-9(13-6)7-2-5(11)4-17-7/h2,4H,3H2,1H3,(H,13,14,15). The molecule has 2 heterocycles. The average molecular weight is 427 g/mol. The van der Waals surface area contributed by atoms with Crippen LogP contribution < -0.4 is 5.56 Å². The van der Waals surface area contributed by atoms with Crippen molar-refractivity contribution in [2.75, 3.05) is 7.11 Å². The fourth-order valence-electron chi connectivity index (χ4n) is 1.29. The molecule has 0 saturated carbocycles. The number of aromatic nitrogens is 2. The Bertz CT molecular complexity index is 596. The second-order valence-electron chi connectivity index (χ2n) is 3.24. The maximum atomic E-state index is 11.7. The van der Waals surface area contributed by atoms with E-state index >= 15 is 0 Å². The summed E-state index contributed by atoms with van der Waals surface area (Å²) in [6.07, 6.45) is 0. The predicted octanol–water partition coefficient (Wildman–Crippen LogP) is 3.01. The van der Waals surface area contributed by atoms with Gasteiger partial charge >= 0.3 is 0 Å². The molecule has 2 rings (SSSR count). The largest absolute Gasteiger partial charge is 0.378 e. The molecule has 0 bridgehead atoms. The zero-order valence-electron chi connectivity index (χ0n) is 8.79. The number of thiophene rings is 1. The molecular weight excluding hydrogens is 419 g/mol. The smallest absolute Gasteiger partial charge is 0.264 e. The first-order chi connectivity index (χ1) is 8.11. The number of ether oxygens (including phenoxy) is 1. The monoisotopic (exact) mass is 426 g/mol. The molecule has 0 aliphatic carbocycles. The molecule has 0 amide bonds. The van der Waals surface area contributed by atoms with E-state index in [0.29, 0.717) is 21.7 Å². The summed E-state index contributed by atoms with van der Waals surface area (Å²) in [5.41, 5.74) is 0.531. The molecule has 0 saturated heterocycles. The van der Waals surface area contributed by atoms with Gasteiger partial charge in [0.15, 0.2) is 5.82 Å². The van der Waals surface area contributed by atoms with Crippen molar-refractivity contribution in [3.63, 3.8) is 0 Å². The molecule has 1 N–H and O–H groups in total. The van der Waals surface area contributed by atoms with E-state index in [1.165, 1.54) is 11.3 Å². The van der Waals surface area contributed by atoms with Crippen LogP contribution in [0.3, 0.4) is 0 Å². The number of methoxy groups -OCH3 is 1. The molecule has 0 spiro atoms. The molecule has 0 radical (unpaired) electrons. The van der Waals surface area contributed by atoms with Crippen molar-refractivity contribution in [3.8, 4) is 10.7 Å². The Morgan fingerprint density at radius 3 is 3.00 bits per heavy atom. The zero-order chi connectivity index (χ0) is 12.4. The third-order valence-electron chi connectivity index (χ3n) is 2.01. The van der Waals surface area contributed by atoms with Crippen LogP contribution in [0.2, 0.25) is 0 Å². The average Bonchev–Trinajstić information content (AvgIpc) is 2.71. The first-order valence-electron chi connectivity index (χ1n) is 4.64. The van der Waals surface area contributed by atoms with Crippen molar-refractivity contribution in [2.45, 2.75) is 6.61 Å². The van der Waals surface area contributed by atoms with E-state index < -0.39 is 0 Å². The lowest BCUT2D eigenvalue weighted by molar-refractivity contribution is 0.180. The van der Waals surface area contributed by atoms with E-state index in [4.69, 9.17) is 4.74 Å². The predicted molar refractivity (Wildman–Crippen MR) is 79.3 cm³/mol. The topological polar surface area (TPSA) is 55.0 Å². The first-order valence-corrected chi connectivity index (χ1v) is 7.39. The molecule has 0 aliphatic heterocycles. The van der Waals surface area contributed by atoms with Gasteiger partial charge in [0.1, 0.15) is 3.57 Å². The van der Waals surface area contributed by atoms with Crippen molar-refractivity contribution >= 4 is 49.9 Å². The number of halogens is 2. The van der Waals surface area contributed by atoms with Crippen LogP contribution in [0.15, 0.2) is 20.7 Å². The van der Waals surface area contributed by atoms with Crippen molar-refractivity contribution in [2.24, 2.45) is 0 Å².